The van der Waals surface area contributed by atoms with Crippen LogP contribution in [0.2, 0.25) is 0 Å². The van der Waals surface area contributed by atoms with Gasteiger partial charge in [0.05, 0.1) is 18.4 Å². The number of hydrogen-bond acceptors (Lipinski definition) is 7. The van der Waals surface area contributed by atoms with E-state index in [1.54, 1.807) is 0 Å². The van der Waals surface area contributed by atoms with E-state index in [-0.39, 0.29) is 10.8 Å². The van der Waals surface area contributed by atoms with E-state index < -0.39 is 22.0 Å². The maximum absolute atomic E-state index is 12.0. The van der Waals surface area contributed by atoms with Crippen molar-refractivity contribution in [3.05, 3.63) is 12.4 Å². The van der Waals surface area contributed by atoms with E-state index in [1.165, 1.54) is 6.92 Å². The second kappa shape index (κ2) is 7.12. The largest absolute Gasteiger partial charge is 0.355 e. The normalized spacial score (nSPS) is 12.8. The van der Waals surface area contributed by atoms with E-state index in [4.69, 9.17) is 5.84 Å². The summed E-state index contributed by atoms with van der Waals surface area (Å²) >= 11 is 0. The van der Waals surface area contributed by atoms with Crippen molar-refractivity contribution in [1.82, 2.24) is 20.0 Å². The third-order valence-electron chi connectivity index (χ3n) is 2.34. The number of carbonyl (C=O) groups is 1. The minimum atomic E-state index is -3.86. The molecule has 0 saturated carbocycles. The second-order valence-corrected chi connectivity index (χ2v) is 5.73. The number of rotatable bonds is 7. The van der Waals surface area contributed by atoms with Crippen molar-refractivity contribution in [2.75, 3.05) is 12.0 Å². The van der Waals surface area contributed by atoms with Gasteiger partial charge in [-0.3, -0.25) is 10.2 Å². The molecule has 10 heteroatoms. The quantitative estimate of drug-likeness (QED) is 0.372. The average Bonchev–Trinajstić information content (AvgIpc) is 2.44. The highest BCUT2D eigenvalue weighted by Gasteiger charge is 2.22. The molecule has 1 unspecified atom stereocenters. The minimum Gasteiger partial charge on any atom is -0.355 e. The standard InChI is InChI=1S/C10H18N6O3S/c1-3-4-12-9(17)7(2)16-20(18,19)8-5-13-10(15-11)14-6-8/h5-7,16H,3-4,11H2,1-2H3,(H,12,17)(H,13,14,15). The topological polar surface area (TPSA) is 139 Å². The molecule has 1 atom stereocenters. The molecule has 0 bridgehead atoms. The first kappa shape index (κ1) is 16.3. The van der Waals surface area contributed by atoms with Gasteiger partial charge in [-0.25, -0.2) is 24.2 Å². The van der Waals surface area contributed by atoms with Gasteiger partial charge in [-0.05, 0) is 13.3 Å². The predicted octanol–water partition coefficient (Wildman–Crippen LogP) is -1.04. The zero-order valence-corrected chi connectivity index (χ0v) is 12.1. The molecular weight excluding hydrogens is 284 g/mol. The van der Waals surface area contributed by atoms with Crippen molar-refractivity contribution < 1.29 is 13.2 Å². The molecule has 0 saturated heterocycles. The Bertz CT molecular complexity index is 545. The maximum atomic E-state index is 12.0. The van der Waals surface area contributed by atoms with Crippen molar-refractivity contribution in [2.24, 2.45) is 5.84 Å². The zero-order valence-electron chi connectivity index (χ0n) is 11.3. The number of nitrogen functional groups attached to an aromatic ring is 1. The highest BCUT2D eigenvalue weighted by Crippen LogP contribution is 2.07. The van der Waals surface area contributed by atoms with Crippen LogP contribution in [-0.2, 0) is 14.8 Å². The summed E-state index contributed by atoms with van der Waals surface area (Å²) in [6.07, 6.45) is 2.97. The Kier molecular flexibility index (Phi) is 5.80. The molecule has 20 heavy (non-hydrogen) atoms. The Labute approximate surface area is 117 Å². The van der Waals surface area contributed by atoms with E-state index in [0.717, 1.165) is 18.8 Å². The first-order valence-corrected chi connectivity index (χ1v) is 7.47. The predicted molar refractivity (Wildman–Crippen MR) is 72.9 cm³/mol. The zero-order chi connectivity index (χ0) is 15.2. The molecule has 112 valence electrons. The minimum absolute atomic E-state index is 0.0951. The Morgan fingerprint density at radius 2 is 2.00 bits per heavy atom. The van der Waals surface area contributed by atoms with Crippen LogP contribution < -0.4 is 21.3 Å². The molecule has 1 heterocycles. The van der Waals surface area contributed by atoms with E-state index >= 15 is 0 Å². The smallest absolute Gasteiger partial charge is 0.244 e. The van der Waals surface area contributed by atoms with Crippen LogP contribution in [-0.4, -0.2) is 36.9 Å². The molecule has 9 nitrogen and oxygen atoms in total. The fourth-order valence-electron chi connectivity index (χ4n) is 1.29. The molecule has 0 aliphatic heterocycles. The van der Waals surface area contributed by atoms with E-state index in [9.17, 15) is 13.2 Å². The number of amides is 1. The SMILES string of the molecule is CCCNC(=O)C(C)NS(=O)(=O)c1cnc(NN)nc1. The van der Waals surface area contributed by atoms with Gasteiger partial charge >= 0.3 is 0 Å². The Hall–Kier alpha value is -1.78. The summed E-state index contributed by atoms with van der Waals surface area (Å²) < 4.78 is 26.2. The van der Waals surface area contributed by atoms with E-state index in [2.05, 4.69) is 25.4 Å². The summed E-state index contributed by atoms with van der Waals surface area (Å²) in [4.78, 5) is 18.9. The Morgan fingerprint density at radius 3 is 2.50 bits per heavy atom. The van der Waals surface area contributed by atoms with Crippen LogP contribution in [0.5, 0.6) is 0 Å². The van der Waals surface area contributed by atoms with Crippen LogP contribution in [0, 0.1) is 0 Å². The van der Waals surface area contributed by atoms with Crippen LogP contribution in [0.15, 0.2) is 17.3 Å². The fourth-order valence-corrected chi connectivity index (χ4v) is 2.38. The number of hydrogen-bond donors (Lipinski definition) is 4. The number of sulfonamides is 1. The van der Waals surface area contributed by atoms with Gasteiger partial charge in [0, 0.05) is 6.54 Å². The molecule has 1 aromatic rings. The second-order valence-electron chi connectivity index (χ2n) is 4.02. The number of hydrazine groups is 1. The molecule has 0 spiro atoms. The molecule has 0 radical (unpaired) electrons. The number of nitrogens with zero attached hydrogens (tertiary/aromatic N) is 2. The summed E-state index contributed by atoms with van der Waals surface area (Å²) in [7, 11) is -3.86. The van der Waals surface area contributed by atoms with E-state index in [1.807, 2.05) is 6.92 Å². The van der Waals surface area contributed by atoms with Gasteiger partial charge in [-0.2, -0.15) is 4.72 Å². The molecular formula is C10H18N6O3S. The van der Waals surface area contributed by atoms with Crippen molar-refractivity contribution in [1.29, 1.82) is 0 Å². The third kappa shape index (κ3) is 4.40. The van der Waals surface area contributed by atoms with Crippen LogP contribution in [0.1, 0.15) is 20.3 Å². The summed E-state index contributed by atoms with van der Waals surface area (Å²) in [6.45, 7) is 3.85. The Morgan fingerprint density at radius 1 is 1.40 bits per heavy atom. The number of aromatic nitrogens is 2. The molecule has 5 N–H and O–H groups in total. The molecule has 0 aliphatic rings. The van der Waals surface area contributed by atoms with Crippen LogP contribution in [0.4, 0.5) is 5.95 Å². The number of carbonyl (C=O) groups excluding carboxylic acids is 1. The molecule has 1 aromatic heterocycles. The van der Waals surface area contributed by atoms with Crippen molar-refractivity contribution in [3.63, 3.8) is 0 Å². The molecule has 1 amide bonds. The van der Waals surface area contributed by atoms with Crippen LogP contribution in [0.3, 0.4) is 0 Å². The molecule has 0 fully saturated rings. The molecule has 0 aliphatic carbocycles. The van der Waals surface area contributed by atoms with Gasteiger partial charge in [0.2, 0.25) is 21.9 Å². The highest BCUT2D eigenvalue weighted by molar-refractivity contribution is 7.89. The first-order chi connectivity index (χ1) is 9.40. The monoisotopic (exact) mass is 302 g/mol. The summed E-state index contributed by atoms with van der Waals surface area (Å²) in [5, 5.41) is 2.60. The van der Waals surface area contributed by atoms with Gasteiger partial charge in [0.25, 0.3) is 0 Å². The number of nitrogens with one attached hydrogen (secondary N) is 3. The highest BCUT2D eigenvalue weighted by atomic mass is 32.2. The first-order valence-electron chi connectivity index (χ1n) is 5.99. The van der Waals surface area contributed by atoms with Crippen LogP contribution >= 0.6 is 0 Å². The summed E-state index contributed by atoms with van der Waals surface area (Å²) in [5.41, 5.74) is 2.19. The van der Waals surface area contributed by atoms with Crippen molar-refractivity contribution in [2.45, 2.75) is 31.2 Å². The number of anilines is 1. The van der Waals surface area contributed by atoms with Crippen molar-refractivity contribution >= 4 is 21.9 Å². The molecule has 1 rings (SSSR count). The third-order valence-corrected chi connectivity index (χ3v) is 3.84. The van der Waals surface area contributed by atoms with Gasteiger partial charge in [-0.1, -0.05) is 6.92 Å². The lowest BCUT2D eigenvalue weighted by atomic mass is 10.3. The summed E-state index contributed by atoms with van der Waals surface area (Å²) in [6, 6.07) is -0.890. The van der Waals surface area contributed by atoms with Gasteiger partial charge in [0.15, 0.2) is 0 Å². The lowest BCUT2D eigenvalue weighted by molar-refractivity contribution is -0.122. The lowest BCUT2D eigenvalue weighted by Crippen LogP contribution is -2.44. The van der Waals surface area contributed by atoms with Crippen LogP contribution in [0.25, 0.3) is 0 Å². The van der Waals surface area contributed by atoms with Gasteiger partial charge in [0.1, 0.15) is 4.90 Å². The maximum Gasteiger partial charge on any atom is 0.244 e. The average molecular weight is 302 g/mol. The Balaban J connectivity index is 2.75. The van der Waals surface area contributed by atoms with Gasteiger partial charge in [-0.15, -0.1) is 0 Å². The lowest BCUT2D eigenvalue weighted by Gasteiger charge is -2.13. The molecule has 0 aromatic carbocycles. The van der Waals surface area contributed by atoms with Crippen molar-refractivity contribution in [3.8, 4) is 0 Å². The fraction of sp³-hybridized carbons (Fsp3) is 0.500. The summed E-state index contributed by atoms with van der Waals surface area (Å²) in [5.74, 6) is 4.79. The number of nitrogens with two attached hydrogens (primary N) is 1. The van der Waals surface area contributed by atoms with Gasteiger partial charge < -0.3 is 5.32 Å². The van der Waals surface area contributed by atoms with E-state index in [0.29, 0.717) is 6.54 Å².